The van der Waals surface area contributed by atoms with Crippen LogP contribution in [0.4, 0.5) is 10.1 Å². The van der Waals surface area contributed by atoms with E-state index in [2.05, 4.69) is 38.2 Å². The summed E-state index contributed by atoms with van der Waals surface area (Å²) in [6.07, 6.45) is 7.59. The number of hydrogen-bond donors (Lipinski definition) is 1. The minimum atomic E-state index is -0.480. The summed E-state index contributed by atoms with van der Waals surface area (Å²) in [6, 6.07) is 5.49. The minimum absolute atomic E-state index is 0.0598. The van der Waals surface area contributed by atoms with Gasteiger partial charge in [-0.15, -0.1) is 5.10 Å². The van der Waals surface area contributed by atoms with Crippen molar-refractivity contribution < 1.29 is 14.0 Å². The molecule has 2 amide bonds. The largest absolute Gasteiger partial charge is 0.368 e. The fraction of sp³-hybridized carbons (Fsp3) is 0.400. The van der Waals surface area contributed by atoms with E-state index in [9.17, 15) is 14.9 Å². The third-order valence-corrected chi connectivity index (χ3v) is 7.47. The number of amides is 2. The molecule has 0 bridgehead atoms. The van der Waals surface area contributed by atoms with E-state index in [1.807, 2.05) is 20.8 Å². The van der Waals surface area contributed by atoms with Gasteiger partial charge >= 0.3 is 0 Å². The first kappa shape index (κ1) is 29.4. The van der Waals surface area contributed by atoms with Crippen LogP contribution in [0.1, 0.15) is 60.8 Å². The predicted octanol–water partition coefficient (Wildman–Crippen LogP) is 3.96. The highest BCUT2D eigenvalue weighted by Crippen LogP contribution is 2.38. The summed E-state index contributed by atoms with van der Waals surface area (Å²) < 4.78 is 17.6. The highest BCUT2D eigenvalue weighted by Gasteiger charge is 2.29. The van der Waals surface area contributed by atoms with Gasteiger partial charge in [0.1, 0.15) is 11.9 Å². The molecule has 0 saturated carbocycles. The van der Waals surface area contributed by atoms with E-state index in [0.717, 1.165) is 12.8 Å². The Morgan fingerprint density at radius 3 is 2.73 bits per heavy atom. The number of halogens is 1. The van der Waals surface area contributed by atoms with Gasteiger partial charge in [0.2, 0.25) is 5.91 Å². The van der Waals surface area contributed by atoms with Gasteiger partial charge in [-0.3, -0.25) is 14.6 Å². The molecule has 3 heterocycles. The Labute approximate surface area is 239 Å². The lowest BCUT2D eigenvalue weighted by Crippen LogP contribution is -2.48. The number of aromatic nitrogens is 4. The van der Waals surface area contributed by atoms with Gasteiger partial charge in [-0.25, -0.2) is 9.07 Å². The van der Waals surface area contributed by atoms with Gasteiger partial charge in [-0.1, -0.05) is 23.9 Å². The number of pyridine rings is 1. The molecule has 1 saturated heterocycles. The van der Waals surface area contributed by atoms with Crippen molar-refractivity contribution in [1.29, 1.82) is 5.26 Å². The Morgan fingerprint density at radius 2 is 2.07 bits per heavy atom. The zero-order chi connectivity index (χ0) is 29.9. The smallest absolute Gasteiger partial charge is 0.273 e. The zero-order valence-corrected chi connectivity index (χ0v) is 24.1. The molecule has 0 radical (unpaired) electrons. The number of benzene rings is 1. The number of anilines is 1. The fourth-order valence-electron chi connectivity index (χ4n) is 4.94. The molecule has 1 N–H and O–H groups in total. The topological polar surface area (TPSA) is 120 Å². The summed E-state index contributed by atoms with van der Waals surface area (Å²) in [5, 5.41) is 20.7. The number of carbonyl (C=O) groups is 2. The Bertz CT molecular complexity index is 1520. The SMILES string of the molecule is C=CC(=O)N(C)[C@@H]1CCCN(c2cncc(C#N)c2-c2ccc(CNC(=O)c3cn(C(C)(C)C)nn3)c(C)c2F)C1. The molecule has 1 aliphatic rings. The second kappa shape index (κ2) is 11.9. The second-order valence-electron chi connectivity index (χ2n) is 11.2. The van der Waals surface area contributed by atoms with Crippen LogP contribution in [-0.4, -0.2) is 62.9 Å². The molecule has 1 fully saturated rings. The van der Waals surface area contributed by atoms with Crippen molar-refractivity contribution in [3.05, 3.63) is 71.6 Å². The quantitative estimate of drug-likeness (QED) is 0.436. The number of carbonyl (C=O) groups excluding carboxylic acids is 2. The first-order valence-corrected chi connectivity index (χ1v) is 13.5. The van der Waals surface area contributed by atoms with Crippen molar-refractivity contribution in [2.75, 3.05) is 25.0 Å². The average molecular weight is 559 g/mol. The average Bonchev–Trinajstić information content (AvgIpc) is 3.48. The van der Waals surface area contributed by atoms with Gasteiger partial charge in [0.25, 0.3) is 5.91 Å². The maximum atomic E-state index is 16.0. The summed E-state index contributed by atoms with van der Waals surface area (Å²) >= 11 is 0. The van der Waals surface area contributed by atoms with Crippen molar-refractivity contribution in [1.82, 2.24) is 30.2 Å². The highest BCUT2D eigenvalue weighted by molar-refractivity contribution is 5.92. The first-order valence-electron chi connectivity index (χ1n) is 13.5. The number of rotatable bonds is 7. The molecule has 0 aliphatic carbocycles. The fourth-order valence-corrected chi connectivity index (χ4v) is 4.94. The first-order chi connectivity index (χ1) is 19.5. The third-order valence-electron chi connectivity index (χ3n) is 7.47. The number of likely N-dealkylation sites (N-methyl/N-ethyl adjacent to an activating group) is 1. The monoisotopic (exact) mass is 558 g/mol. The minimum Gasteiger partial charge on any atom is -0.368 e. The molecule has 214 valence electrons. The van der Waals surface area contributed by atoms with Gasteiger partial charge in [-0.2, -0.15) is 5.26 Å². The molecule has 1 atom stereocenters. The molecule has 4 rings (SSSR count). The van der Waals surface area contributed by atoms with Crippen LogP contribution in [0.25, 0.3) is 11.1 Å². The Hall–Kier alpha value is -4.59. The lowest BCUT2D eigenvalue weighted by atomic mass is 9.94. The van der Waals surface area contributed by atoms with Gasteiger partial charge in [0.05, 0.1) is 29.2 Å². The van der Waals surface area contributed by atoms with Crippen molar-refractivity contribution in [3.63, 3.8) is 0 Å². The molecular weight excluding hydrogens is 523 g/mol. The van der Waals surface area contributed by atoms with Crippen LogP contribution in [0.3, 0.4) is 0 Å². The summed E-state index contributed by atoms with van der Waals surface area (Å²) in [5.41, 5.74) is 2.43. The number of nitrogens with zero attached hydrogens (tertiary/aromatic N) is 7. The lowest BCUT2D eigenvalue weighted by molar-refractivity contribution is -0.126. The number of nitriles is 1. The van der Waals surface area contributed by atoms with E-state index in [0.29, 0.717) is 35.5 Å². The third kappa shape index (κ3) is 6.11. The van der Waals surface area contributed by atoms with E-state index in [4.69, 9.17) is 0 Å². The van der Waals surface area contributed by atoms with Crippen molar-refractivity contribution in [3.8, 4) is 17.2 Å². The standard InChI is InChI=1S/C30H35FN8O2/c1-7-26(40)37(6)22-9-8-12-38(17-22)25-16-33-14-21(13-32)27(25)23-11-10-20(19(2)28(23)31)15-34-29(41)24-18-39(36-35-24)30(3,4)5/h7,10-11,14,16,18,22H,1,8-9,12,15,17H2,2-6H3,(H,34,41)/t22-/m1/s1. The van der Waals surface area contributed by atoms with E-state index in [1.165, 1.54) is 12.3 Å². The molecule has 1 aromatic carbocycles. The van der Waals surface area contributed by atoms with Crippen LogP contribution >= 0.6 is 0 Å². The lowest BCUT2D eigenvalue weighted by Gasteiger charge is -2.39. The molecular formula is C30H35FN8O2. The summed E-state index contributed by atoms with van der Waals surface area (Å²) in [4.78, 5) is 32.9. The molecule has 2 aromatic heterocycles. The van der Waals surface area contributed by atoms with Crippen LogP contribution in [0.15, 0.2) is 43.4 Å². The molecule has 41 heavy (non-hydrogen) atoms. The normalized spacial score (nSPS) is 15.2. The van der Waals surface area contributed by atoms with Crippen molar-refractivity contribution >= 4 is 17.5 Å². The van der Waals surface area contributed by atoms with Crippen LogP contribution in [0.5, 0.6) is 0 Å². The Kier molecular flexibility index (Phi) is 8.52. The van der Waals surface area contributed by atoms with Crippen LogP contribution in [0, 0.1) is 24.1 Å². The molecule has 3 aromatic rings. The Balaban J connectivity index is 1.61. The van der Waals surface area contributed by atoms with Crippen LogP contribution in [-0.2, 0) is 16.9 Å². The van der Waals surface area contributed by atoms with E-state index in [1.54, 1.807) is 48.1 Å². The maximum absolute atomic E-state index is 16.0. The van der Waals surface area contributed by atoms with Gasteiger partial charge in [0, 0.05) is 50.0 Å². The van der Waals surface area contributed by atoms with Gasteiger partial charge in [-0.05, 0) is 57.7 Å². The summed E-state index contributed by atoms with van der Waals surface area (Å²) in [7, 11) is 1.75. The number of hydrogen-bond acceptors (Lipinski definition) is 7. The van der Waals surface area contributed by atoms with Gasteiger partial charge in [0.15, 0.2) is 5.69 Å². The summed E-state index contributed by atoms with van der Waals surface area (Å²) in [5.74, 6) is -1.05. The molecule has 0 unspecified atom stereocenters. The number of piperidine rings is 1. The van der Waals surface area contributed by atoms with Crippen LogP contribution < -0.4 is 10.2 Å². The highest BCUT2D eigenvalue weighted by atomic mass is 19.1. The van der Waals surface area contributed by atoms with Gasteiger partial charge < -0.3 is 15.1 Å². The molecule has 10 nitrogen and oxygen atoms in total. The predicted molar refractivity (Wildman–Crippen MR) is 153 cm³/mol. The van der Waals surface area contributed by atoms with E-state index in [-0.39, 0.29) is 40.9 Å². The molecule has 11 heteroatoms. The van der Waals surface area contributed by atoms with Crippen molar-refractivity contribution in [2.45, 2.75) is 58.7 Å². The zero-order valence-electron chi connectivity index (χ0n) is 24.1. The molecule has 0 spiro atoms. The second-order valence-corrected chi connectivity index (χ2v) is 11.2. The number of nitrogens with one attached hydrogen (secondary N) is 1. The van der Waals surface area contributed by atoms with Crippen LogP contribution in [0.2, 0.25) is 0 Å². The van der Waals surface area contributed by atoms with Crippen molar-refractivity contribution in [2.24, 2.45) is 0 Å². The van der Waals surface area contributed by atoms with E-state index >= 15 is 4.39 Å². The van der Waals surface area contributed by atoms with E-state index < -0.39 is 11.7 Å². The summed E-state index contributed by atoms with van der Waals surface area (Å²) in [6.45, 7) is 12.4. The Morgan fingerprint density at radius 1 is 1.32 bits per heavy atom. The maximum Gasteiger partial charge on any atom is 0.273 e. The molecule has 1 aliphatic heterocycles.